The maximum Gasteiger partial charge on any atom is 0.257 e. The molecule has 3 aromatic rings. The van der Waals surface area contributed by atoms with Crippen LogP contribution in [0.25, 0.3) is 5.69 Å². The van der Waals surface area contributed by atoms with Gasteiger partial charge in [0.15, 0.2) is 0 Å². The van der Waals surface area contributed by atoms with Crippen LogP contribution in [-0.2, 0) is 6.42 Å². The average Bonchev–Trinajstić information content (AvgIpc) is 3.37. The number of piperazine rings is 1. The van der Waals surface area contributed by atoms with Gasteiger partial charge in [-0.05, 0) is 43.3 Å². The summed E-state index contributed by atoms with van der Waals surface area (Å²) >= 11 is 1.82. The van der Waals surface area contributed by atoms with E-state index in [1.165, 1.54) is 4.88 Å². The molecule has 0 bridgehead atoms. The van der Waals surface area contributed by atoms with Crippen molar-refractivity contribution in [1.29, 1.82) is 0 Å². The van der Waals surface area contributed by atoms with Crippen molar-refractivity contribution in [3.63, 3.8) is 0 Å². The minimum absolute atomic E-state index is 0.0928. The zero-order valence-electron chi connectivity index (χ0n) is 16.5. The highest BCUT2D eigenvalue weighted by Gasteiger charge is 2.25. The molecule has 28 heavy (non-hydrogen) atoms. The smallest absolute Gasteiger partial charge is 0.257 e. The van der Waals surface area contributed by atoms with Crippen molar-refractivity contribution in [2.45, 2.75) is 20.3 Å². The van der Waals surface area contributed by atoms with E-state index in [4.69, 9.17) is 0 Å². The standard InChI is InChI=1S/C22H26N4OS/c1-17-6-3-4-8-21(17)26-18(2)20(16-23-26)22(27)25-13-11-24(12-14-25)10-9-19-7-5-15-28-19/h3-8,15-16H,9-14H2,1-2H3. The summed E-state index contributed by atoms with van der Waals surface area (Å²) in [5, 5.41) is 6.63. The van der Waals surface area contributed by atoms with E-state index in [1.807, 2.05) is 46.0 Å². The first-order chi connectivity index (χ1) is 13.6. The molecule has 1 aliphatic heterocycles. The number of nitrogens with zero attached hydrogens (tertiary/aromatic N) is 4. The molecule has 0 spiro atoms. The number of thiophene rings is 1. The third-order valence-electron chi connectivity index (χ3n) is 5.50. The largest absolute Gasteiger partial charge is 0.336 e. The van der Waals surface area contributed by atoms with E-state index in [1.54, 1.807) is 6.20 Å². The fourth-order valence-electron chi connectivity index (χ4n) is 3.73. The fourth-order valence-corrected chi connectivity index (χ4v) is 4.43. The number of aromatic nitrogens is 2. The molecule has 0 N–H and O–H groups in total. The van der Waals surface area contributed by atoms with Gasteiger partial charge in [0.1, 0.15) is 0 Å². The predicted molar refractivity (Wildman–Crippen MR) is 113 cm³/mol. The number of benzene rings is 1. The number of amides is 1. The Morgan fingerprint density at radius 2 is 1.86 bits per heavy atom. The Morgan fingerprint density at radius 3 is 2.57 bits per heavy atom. The van der Waals surface area contributed by atoms with Crippen LogP contribution >= 0.6 is 11.3 Å². The first-order valence-corrected chi connectivity index (χ1v) is 10.7. The van der Waals surface area contributed by atoms with Crippen LogP contribution in [0.3, 0.4) is 0 Å². The van der Waals surface area contributed by atoms with Crippen LogP contribution in [0.2, 0.25) is 0 Å². The fraction of sp³-hybridized carbons (Fsp3) is 0.364. The molecular formula is C22H26N4OS. The van der Waals surface area contributed by atoms with Crippen LogP contribution in [-0.4, -0.2) is 58.2 Å². The highest BCUT2D eigenvalue weighted by Crippen LogP contribution is 2.19. The maximum absolute atomic E-state index is 13.1. The second kappa shape index (κ2) is 8.29. The van der Waals surface area contributed by atoms with Gasteiger partial charge in [0.2, 0.25) is 0 Å². The average molecular weight is 395 g/mol. The lowest BCUT2D eigenvalue weighted by molar-refractivity contribution is 0.0638. The Balaban J connectivity index is 1.39. The summed E-state index contributed by atoms with van der Waals surface area (Å²) in [6.07, 6.45) is 2.81. The van der Waals surface area contributed by atoms with Gasteiger partial charge in [-0.3, -0.25) is 9.69 Å². The highest BCUT2D eigenvalue weighted by atomic mass is 32.1. The molecule has 6 heteroatoms. The Kier molecular flexibility index (Phi) is 5.59. The molecule has 0 radical (unpaired) electrons. The lowest BCUT2D eigenvalue weighted by atomic mass is 10.1. The molecule has 5 nitrogen and oxygen atoms in total. The first kappa shape index (κ1) is 18.9. The predicted octanol–water partition coefficient (Wildman–Crippen LogP) is 3.55. The number of aryl methyl sites for hydroxylation is 1. The third-order valence-corrected chi connectivity index (χ3v) is 6.43. The van der Waals surface area contributed by atoms with Gasteiger partial charge in [-0.1, -0.05) is 24.3 Å². The number of para-hydroxylation sites is 1. The highest BCUT2D eigenvalue weighted by molar-refractivity contribution is 7.09. The minimum Gasteiger partial charge on any atom is -0.336 e. The van der Waals surface area contributed by atoms with Crippen molar-refractivity contribution in [1.82, 2.24) is 19.6 Å². The van der Waals surface area contributed by atoms with Gasteiger partial charge in [-0.25, -0.2) is 4.68 Å². The Morgan fingerprint density at radius 1 is 1.07 bits per heavy atom. The third kappa shape index (κ3) is 3.88. The molecule has 1 amide bonds. The van der Waals surface area contributed by atoms with Crippen LogP contribution < -0.4 is 0 Å². The van der Waals surface area contributed by atoms with Gasteiger partial charge < -0.3 is 4.90 Å². The van der Waals surface area contributed by atoms with Crippen molar-refractivity contribution in [2.24, 2.45) is 0 Å². The van der Waals surface area contributed by atoms with Crippen molar-refractivity contribution in [2.75, 3.05) is 32.7 Å². The minimum atomic E-state index is 0.0928. The zero-order valence-corrected chi connectivity index (χ0v) is 17.3. The molecular weight excluding hydrogens is 368 g/mol. The maximum atomic E-state index is 13.1. The molecule has 1 aliphatic rings. The van der Waals surface area contributed by atoms with E-state index < -0.39 is 0 Å². The molecule has 1 saturated heterocycles. The number of rotatable bonds is 5. The van der Waals surface area contributed by atoms with Crippen molar-refractivity contribution in [3.05, 3.63) is 69.7 Å². The molecule has 0 aliphatic carbocycles. The van der Waals surface area contributed by atoms with Crippen LogP contribution in [0.4, 0.5) is 0 Å². The Hall–Kier alpha value is -2.44. The number of hydrogen-bond donors (Lipinski definition) is 0. The van der Waals surface area contributed by atoms with Gasteiger partial charge in [0, 0.05) is 37.6 Å². The molecule has 1 aromatic carbocycles. The molecule has 146 valence electrons. The number of hydrogen-bond acceptors (Lipinski definition) is 4. The van der Waals surface area contributed by atoms with Crippen LogP contribution in [0, 0.1) is 13.8 Å². The van der Waals surface area contributed by atoms with Crippen molar-refractivity contribution < 1.29 is 4.79 Å². The lowest BCUT2D eigenvalue weighted by Gasteiger charge is -2.34. The summed E-state index contributed by atoms with van der Waals surface area (Å²) in [7, 11) is 0. The Labute approximate surface area is 170 Å². The molecule has 1 fully saturated rings. The van der Waals surface area contributed by atoms with Crippen LogP contribution in [0.15, 0.2) is 48.0 Å². The lowest BCUT2D eigenvalue weighted by Crippen LogP contribution is -2.49. The summed E-state index contributed by atoms with van der Waals surface area (Å²) in [5.74, 6) is 0.0928. The zero-order chi connectivity index (χ0) is 19.5. The normalized spacial score (nSPS) is 15.1. The quantitative estimate of drug-likeness (QED) is 0.665. The summed E-state index contributed by atoms with van der Waals surface area (Å²) in [6, 6.07) is 12.4. The summed E-state index contributed by atoms with van der Waals surface area (Å²) in [5.41, 5.74) is 3.78. The van der Waals surface area contributed by atoms with E-state index in [-0.39, 0.29) is 5.91 Å². The van der Waals surface area contributed by atoms with E-state index >= 15 is 0 Å². The second-order valence-corrected chi connectivity index (χ2v) is 8.34. The van der Waals surface area contributed by atoms with Gasteiger partial charge in [-0.15, -0.1) is 11.3 Å². The van der Waals surface area contributed by atoms with E-state index in [0.717, 1.165) is 56.1 Å². The topological polar surface area (TPSA) is 41.4 Å². The molecule has 0 unspecified atom stereocenters. The number of carbonyl (C=O) groups is 1. The van der Waals surface area contributed by atoms with Gasteiger partial charge in [-0.2, -0.15) is 5.10 Å². The van der Waals surface area contributed by atoms with Gasteiger partial charge in [0.25, 0.3) is 5.91 Å². The van der Waals surface area contributed by atoms with Crippen molar-refractivity contribution in [3.8, 4) is 5.69 Å². The SMILES string of the molecule is Cc1ccccc1-n1ncc(C(=O)N2CCN(CCc3cccs3)CC2)c1C. The van der Waals surface area contributed by atoms with E-state index in [2.05, 4.69) is 40.5 Å². The molecule has 4 rings (SSSR count). The van der Waals surface area contributed by atoms with E-state index in [9.17, 15) is 4.79 Å². The second-order valence-electron chi connectivity index (χ2n) is 7.31. The summed E-state index contributed by atoms with van der Waals surface area (Å²) < 4.78 is 1.87. The van der Waals surface area contributed by atoms with E-state index in [0.29, 0.717) is 5.56 Å². The number of carbonyl (C=O) groups excluding carboxylic acids is 1. The monoisotopic (exact) mass is 394 g/mol. The van der Waals surface area contributed by atoms with Crippen molar-refractivity contribution >= 4 is 17.2 Å². The Bertz CT molecular complexity index is 939. The molecule has 0 atom stereocenters. The van der Waals surface area contributed by atoms with Gasteiger partial charge in [0.05, 0.1) is 23.1 Å². The summed E-state index contributed by atoms with van der Waals surface area (Å²) in [4.78, 5) is 18.9. The molecule has 2 aromatic heterocycles. The van der Waals surface area contributed by atoms with Gasteiger partial charge >= 0.3 is 0 Å². The molecule has 3 heterocycles. The van der Waals surface area contributed by atoms with Crippen LogP contribution in [0.1, 0.15) is 26.5 Å². The molecule has 0 saturated carbocycles. The summed E-state index contributed by atoms with van der Waals surface area (Å²) in [6.45, 7) is 8.52. The van der Waals surface area contributed by atoms with Crippen LogP contribution in [0.5, 0.6) is 0 Å². The first-order valence-electron chi connectivity index (χ1n) is 9.78.